The Kier molecular flexibility index (Phi) is 80.3. The molecule has 6 heteroatoms. The second-order valence-corrected chi connectivity index (χ2v) is 29.5. The van der Waals surface area contributed by atoms with Gasteiger partial charge in [-0.05, 0) is 51.4 Å². The Morgan fingerprint density at radius 2 is 0.565 bits per heavy atom. The third-order valence-electron chi connectivity index (χ3n) is 20.2. The van der Waals surface area contributed by atoms with Gasteiger partial charge >= 0.3 is 5.97 Å². The fraction of sp³-hybridized carbons (Fsp3) is 0.930. The number of esters is 1. The molecule has 0 spiro atoms. The molecule has 546 valence electrons. The van der Waals surface area contributed by atoms with Gasteiger partial charge in [-0.3, -0.25) is 9.59 Å². The SMILES string of the molecule is CCC/C=C\C/C=C\CCCCCCCC(=O)OCCCCCCCCCCCCCCCCCCCCCCCCCCCCCCCCCCCCCCCCCC(=O)NC(CO)C(O)CCCCCCCCCCCCCCCCCCCCCCCCC. The van der Waals surface area contributed by atoms with Gasteiger partial charge in [0, 0.05) is 12.8 Å². The van der Waals surface area contributed by atoms with E-state index in [1.165, 1.54) is 405 Å². The quantitative estimate of drug-likeness (QED) is 0.0320. The molecule has 0 aromatic carbocycles. The average Bonchev–Trinajstić information content (AvgIpc) is 3.48. The van der Waals surface area contributed by atoms with Crippen LogP contribution in [0.25, 0.3) is 0 Å². The van der Waals surface area contributed by atoms with Gasteiger partial charge in [0.2, 0.25) is 5.91 Å². The maximum Gasteiger partial charge on any atom is 0.305 e. The number of ether oxygens (including phenoxy) is 1. The van der Waals surface area contributed by atoms with Crippen molar-refractivity contribution in [3.05, 3.63) is 24.3 Å². The molecule has 0 aliphatic rings. The van der Waals surface area contributed by atoms with Crippen LogP contribution in [0.5, 0.6) is 0 Å². The molecule has 0 saturated heterocycles. The van der Waals surface area contributed by atoms with Crippen molar-refractivity contribution in [3.63, 3.8) is 0 Å². The minimum absolute atomic E-state index is 0.00952. The highest BCUT2D eigenvalue weighted by molar-refractivity contribution is 5.76. The Labute approximate surface area is 577 Å². The maximum absolute atomic E-state index is 12.6. The molecule has 0 radical (unpaired) electrons. The summed E-state index contributed by atoms with van der Waals surface area (Å²) in [5, 5.41) is 23.5. The zero-order valence-electron chi connectivity index (χ0n) is 62.8. The van der Waals surface area contributed by atoms with E-state index in [1.807, 2.05) is 0 Å². The summed E-state index contributed by atoms with van der Waals surface area (Å²) in [6.45, 7) is 4.94. The zero-order valence-corrected chi connectivity index (χ0v) is 62.8. The number of unbranched alkanes of at least 4 members (excludes halogenated alkanes) is 66. The summed E-state index contributed by atoms with van der Waals surface area (Å²) in [7, 11) is 0. The molecule has 2 atom stereocenters. The normalized spacial score (nSPS) is 12.5. The van der Waals surface area contributed by atoms with E-state index in [4.69, 9.17) is 4.74 Å². The van der Waals surface area contributed by atoms with Crippen molar-refractivity contribution < 1.29 is 24.5 Å². The standard InChI is InChI=1S/C86H167NO5/c1-3-5-7-9-11-13-15-17-18-19-20-21-39-42-45-48-51-55-58-62-66-70-74-78-84(89)83(82-88)87-85(90)79-75-71-67-63-59-56-52-49-46-43-40-37-35-33-31-29-27-25-23-22-24-26-28-30-32-34-36-38-41-44-47-50-53-57-61-65-69-73-77-81-92-86(91)80-76-72-68-64-60-54-16-14-12-10-8-6-4-2/h8,10,14,16,83-84,88-89H,3-7,9,11-13,15,17-82H2,1-2H3,(H,87,90)/b10-8-,16-14-. The molecule has 0 aliphatic heterocycles. The van der Waals surface area contributed by atoms with E-state index < -0.39 is 12.1 Å². The lowest BCUT2D eigenvalue weighted by Crippen LogP contribution is -2.45. The molecule has 0 rings (SSSR count). The van der Waals surface area contributed by atoms with Crippen molar-refractivity contribution in [1.29, 1.82) is 0 Å². The van der Waals surface area contributed by atoms with E-state index in [9.17, 15) is 19.8 Å². The summed E-state index contributed by atoms with van der Waals surface area (Å²) in [6.07, 6.45) is 106. The summed E-state index contributed by atoms with van der Waals surface area (Å²) in [6, 6.07) is -0.538. The molecule has 1 amide bonds. The first-order valence-corrected chi connectivity index (χ1v) is 42.6. The van der Waals surface area contributed by atoms with Crippen LogP contribution >= 0.6 is 0 Å². The van der Waals surface area contributed by atoms with Crippen molar-refractivity contribution >= 4 is 11.9 Å². The van der Waals surface area contributed by atoms with Gasteiger partial charge in [0.1, 0.15) is 0 Å². The number of nitrogens with one attached hydrogen (secondary N) is 1. The van der Waals surface area contributed by atoms with Gasteiger partial charge < -0.3 is 20.3 Å². The van der Waals surface area contributed by atoms with Crippen molar-refractivity contribution in [1.82, 2.24) is 5.32 Å². The molecule has 2 unspecified atom stereocenters. The zero-order chi connectivity index (χ0) is 66.3. The third-order valence-corrected chi connectivity index (χ3v) is 20.2. The molecule has 0 aliphatic carbocycles. The van der Waals surface area contributed by atoms with E-state index in [2.05, 4.69) is 43.5 Å². The molecular weight excluding hydrogens is 1130 g/mol. The molecule has 0 heterocycles. The molecule has 0 aromatic heterocycles. The third kappa shape index (κ3) is 77.3. The molecule has 3 N–H and O–H groups in total. The molecule has 6 nitrogen and oxygen atoms in total. The van der Waals surface area contributed by atoms with Crippen LogP contribution in [0.4, 0.5) is 0 Å². The van der Waals surface area contributed by atoms with Gasteiger partial charge in [-0.15, -0.1) is 0 Å². The minimum Gasteiger partial charge on any atom is -0.466 e. The number of allylic oxidation sites excluding steroid dienone is 4. The smallest absolute Gasteiger partial charge is 0.305 e. The molecule has 0 aromatic rings. The van der Waals surface area contributed by atoms with Crippen LogP contribution in [0, 0.1) is 0 Å². The van der Waals surface area contributed by atoms with Crippen molar-refractivity contribution in [2.75, 3.05) is 13.2 Å². The number of carbonyl (C=O) groups is 2. The van der Waals surface area contributed by atoms with Gasteiger partial charge in [-0.1, -0.05) is 449 Å². The van der Waals surface area contributed by atoms with Crippen molar-refractivity contribution in [3.8, 4) is 0 Å². The maximum atomic E-state index is 12.6. The van der Waals surface area contributed by atoms with Crippen LogP contribution in [0.15, 0.2) is 24.3 Å². The number of rotatable bonds is 81. The van der Waals surface area contributed by atoms with Crippen molar-refractivity contribution in [2.24, 2.45) is 0 Å². The van der Waals surface area contributed by atoms with Gasteiger partial charge in [0.05, 0.1) is 25.4 Å². The topological polar surface area (TPSA) is 95.9 Å². The summed E-state index contributed by atoms with van der Waals surface area (Å²) in [5.74, 6) is -0.0132. The molecule has 0 saturated carbocycles. The van der Waals surface area contributed by atoms with E-state index in [1.54, 1.807) is 0 Å². The van der Waals surface area contributed by atoms with Gasteiger partial charge in [-0.25, -0.2) is 0 Å². The van der Waals surface area contributed by atoms with Gasteiger partial charge in [0.15, 0.2) is 0 Å². The highest BCUT2D eigenvalue weighted by Gasteiger charge is 2.20. The number of aliphatic hydroxyl groups excluding tert-OH is 2. The van der Waals surface area contributed by atoms with E-state index in [0.29, 0.717) is 25.9 Å². The lowest BCUT2D eigenvalue weighted by Gasteiger charge is -2.22. The van der Waals surface area contributed by atoms with Gasteiger partial charge in [0.25, 0.3) is 0 Å². The number of hydrogen-bond acceptors (Lipinski definition) is 5. The molecule has 0 bridgehead atoms. The number of aliphatic hydroxyl groups is 2. The first-order chi connectivity index (χ1) is 45.5. The monoisotopic (exact) mass is 1290 g/mol. The first kappa shape index (κ1) is 90.3. The minimum atomic E-state index is -0.661. The Balaban J connectivity index is 3.30. The predicted octanol–water partition coefficient (Wildman–Crippen LogP) is 28.4. The predicted molar refractivity (Wildman–Crippen MR) is 407 cm³/mol. The fourth-order valence-electron chi connectivity index (χ4n) is 13.8. The summed E-state index contributed by atoms with van der Waals surface area (Å²) in [4.78, 5) is 24.6. The Bertz CT molecular complexity index is 1450. The number of amides is 1. The largest absolute Gasteiger partial charge is 0.466 e. The number of hydrogen-bond donors (Lipinski definition) is 3. The van der Waals surface area contributed by atoms with Crippen molar-refractivity contribution in [2.45, 2.75) is 501 Å². The van der Waals surface area contributed by atoms with Crippen LogP contribution in [-0.2, 0) is 14.3 Å². The highest BCUT2D eigenvalue weighted by Crippen LogP contribution is 2.21. The molecule has 92 heavy (non-hydrogen) atoms. The van der Waals surface area contributed by atoms with E-state index >= 15 is 0 Å². The van der Waals surface area contributed by atoms with E-state index in [0.717, 1.165) is 51.4 Å². The average molecular weight is 1300 g/mol. The second kappa shape index (κ2) is 81.8. The van der Waals surface area contributed by atoms with Crippen LogP contribution in [0.2, 0.25) is 0 Å². The Morgan fingerprint density at radius 1 is 0.304 bits per heavy atom. The molecule has 0 fully saturated rings. The van der Waals surface area contributed by atoms with Crippen LogP contribution in [0.1, 0.15) is 489 Å². The van der Waals surface area contributed by atoms with Crippen LogP contribution in [0.3, 0.4) is 0 Å². The fourth-order valence-corrected chi connectivity index (χ4v) is 13.8. The Hall–Kier alpha value is -1.66. The lowest BCUT2D eigenvalue weighted by atomic mass is 10.0. The Morgan fingerprint density at radius 3 is 0.870 bits per heavy atom. The second-order valence-electron chi connectivity index (χ2n) is 29.5. The molecular formula is C86H167NO5. The lowest BCUT2D eigenvalue weighted by molar-refractivity contribution is -0.143. The summed E-state index contributed by atoms with van der Waals surface area (Å²) >= 11 is 0. The summed E-state index contributed by atoms with van der Waals surface area (Å²) in [5.41, 5.74) is 0. The number of carbonyl (C=O) groups excluding carboxylic acids is 2. The van der Waals surface area contributed by atoms with Crippen LogP contribution in [-0.4, -0.2) is 47.4 Å². The highest BCUT2D eigenvalue weighted by atomic mass is 16.5. The van der Waals surface area contributed by atoms with Crippen LogP contribution < -0.4 is 5.32 Å². The summed E-state index contributed by atoms with van der Waals surface area (Å²) < 4.78 is 5.49. The van der Waals surface area contributed by atoms with E-state index in [-0.39, 0.29) is 18.5 Å². The first-order valence-electron chi connectivity index (χ1n) is 42.6. The van der Waals surface area contributed by atoms with Gasteiger partial charge in [-0.2, -0.15) is 0 Å².